The molecule has 1 aliphatic heterocycles. The normalized spacial score (nSPS) is 17.2. The summed E-state index contributed by atoms with van der Waals surface area (Å²) in [6.45, 7) is 4.06. The minimum Gasteiger partial charge on any atom is -0.451 e. The minimum atomic E-state index is -0.579. The van der Waals surface area contributed by atoms with Gasteiger partial charge in [-0.25, -0.2) is 9.78 Å². The van der Waals surface area contributed by atoms with Crippen LogP contribution in [0.15, 0.2) is 4.79 Å². The molecule has 2 aromatic heterocycles. The zero-order valence-corrected chi connectivity index (χ0v) is 15.6. The van der Waals surface area contributed by atoms with Crippen LogP contribution >= 0.6 is 11.3 Å². The van der Waals surface area contributed by atoms with E-state index in [1.54, 1.807) is 11.5 Å². The van der Waals surface area contributed by atoms with Crippen LogP contribution in [0.25, 0.3) is 10.2 Å². The van der Waals surface area contributed by atoms with E-state index in [4.69, 9.17) is 4.74 Å². The van der Waals surface area contributed by atoms with Crippen molar-refractivity contribution in [3.8, 4) is 0 Å². The fraction of sp³-hybridized carbons (Fsp3) is 0.556. The van der Waals surface area contributed by atoms with Gasteiger partial charge >= 0.3 is 5.97 Å². The van der Waals surface area contributed by atoms with Gasteiger partial charge in [-0.1, -0.05) is 0 Å². The Balaban J connectivity index is 1.50. The lowest BCUT2D eigenvalue weighted by Crippen LogP contribution is -2.37. The molecule has 3 heterocycles. The van der Waals surface area contributed by atoms with Crippen molar-refractivity contribution in [2.24, 2.45) is 5.92 Å². The molecule has 138 valence electrons. The Bertz CT molecular complexity index is 957. The molecule has 2 aliphatic rings. The van der Waals surface area contributed by atoms with Crippen LogP contribution in [0, 0.1) is 12.8 Å². The first-order valence-corrected chi connectivity index (χ1v) is 9.76. The van der Waals surface area contributed by atoms with Crippen LogP contribution in [0.1, 0.15) is 47.2 Å². The maximum atomic E-state index is 12.6. The molecular formula is C18H21N3O4S. The predicted molar refractivity (Wildman–Crippen MR) is 97.5 cm³/mol. The average Bonchev–Trinajstić information content (AvgIpc) is 3.26. The standard InChI is InChI=1S/C18H21N3O4S/c1-9-14-16(20-12-4-3-7-21(12)17(14)23)26-15(9)18(24)25-8-13(22)19-10(2)11-5-6-11/h10-11H,3-8H2,1-2H3,(H,19,22)/t10-/m0/s1. The summed E-state index contributed by atoms with van der Waals surface area (Å²) in [4.78, 5) is 42.4. The second-order valence-corrected chi connectivity index (χ2v) is 8.09. The molecule has 7 nitrogen and oxygen atoms in total. The first-order chi connectivity index (χ1) is 12.5. The molecule has 0 unspecified atom stereocenters. The number of thiophene rings is 1. The number of amides is 1. The summed E-state index contributed by atoms with van der Waals surface area (Å²) in [6, 6.07) is 0.110. The molecule has 1 aliphatic carbocycles. The van der Waals surface area contributed by atoms with Crippen LogP contribution in [0.4, 0.5) is 0 Å². The predicted octanol–water partition coefficient (Wildman–Crippen LogP) is 1.78. The number of aryl methyl sites for hydroxylation is 2. The van der Waals surface area contributed by atoms with Gasteiger partial charge < -0.3 is 10.1 Å². The van der Waals surface area contributed by atoms with E-state index in [9.17, 15) is 14.4 Å². The number of nitrogens with one attached hydrogen (secondary N) is 1. The summed E-state index contributed by atoms with van der Waals surface area (Å²) in [5, 5.41) is 3.34. The van der Waals surface area contributed by atoms with Gasteiger partial charge in [-0.2, -0.15) is 0 Å². The highest BCUT2D eigenvalue weighted by Crippen LogP contribution is 2.32. The Morgan fingerprint density at radius 3 is 2.92 bits per heavy atom. The molecule has 8 heteroatoms. The number of carbonyl (C=O) groups is 2. The number of rotatable bonds is 5. The van der Waals surface area contributed by atoms with Gasteiger partial charge in [0, 0.05) is 19.0 Å². The Hall–Kier alpha value is -2.22. The fourth-order valence-electron chi connectivity index (χ4n) is 3.48. The lowest BCUT2D eigenvalue weighted by molar-refractivity contribution is -0.124. The molecule has 1 N–H and O–H groups in total. The van der Waals surface area contributed by atoms with Crippen molar-refractivity contribution >= 4 is 33.4 Å². The molecule has 0 aromatic carbocycles. The van der Waals surface area contributed by atoms with Crippen LogP contribution in [-0.2, 0) is 22.5 Å². The third kappa shape index (κ3) is 3.02. The van der Waals surface area contributed by atoms with Crippen molar-refractivity contribution in [3.63, 3.8) is 0 Å². The number of nitrogens with zero attached hydrogens (tertiary/aromatic N) is 2. The van der Waals surface area contributed by atoms with Crippen molar-refractivity contribution in [2.45, 2.75) is 52.1 Å². The van der Waals surface area contributed by atoms with Gasteiger partial charge in [-0.05, 0) is 44.6 Å². The Labute approximate surface area is 154 Å². The number of carbonyl (C=O) groups excluding carboxylic acids is 2. The van der Waals surface area contributed by atoms with Crippen molar-refractivity contribution < 1.29 is 14.3 Å². The molecule has 0 saturated heterocycles. The van der Waals surface area contributed by atoms with Crippen molar-refractivity contribution in [1.82, 2.24) is 14.9 Å². The summed E-state index contributed by atoms with van der Waals surface area (Å²) in [5.74, 6) is 0.440. The molecule has 1 atom stereocenters. The lowest BCUT2D eigenvalue weighted by Gasteiger charge is -2.12. The molecule has 1 saturated carbocycles. The van der Waals surface area contributed by atoms with Crippen molar-refractivity contribution in [2.75, 3.05) is 6.61 Å². The maximum absolute atomic E-state index is 12.6. The lowest BCUT2D eigenvalue weighted by atomic mass is 10.2. The monoisotopic (exact) mass is 375 g/mol. The zero-order valence-electron chi connectivity index (χ0n) is 14.8. The molecule has 0 bridgehead atoms. The Morgan fingerprint density at radius 1 is 1.42 bits per heavy atom. The van der Waals surface area contributed by atoms with Crippen LogP contribution in [0.3, 0.4) is 0 Å². The first kappa shape index (κ1) is 17.2. The summed E-state index contributed by atoms with van der Waals surface area (Å²) >= 11 is 1.16. The number of aromatic nitrogens is 2. The highest BCUT2D eigenvalue weighted by atomic mass is 32.1. The van der Waals surface area contributed by atoms with Crippen LogP contribution in [0.2, 0.25) is 0 Å². The number of hydrogen-bond acceptors (Lipinski definition) is 6. The van der Waals surface area contributed by atoms with Crippen LogP contribution < -0.4 is 10.9 Å². The minimum absolute atomic E-state index is 0.0914. The molecule has 26 heavy (non-hydrogen) atoms. The number of fused-ring (bicyclic) bond motifs is 2. The largest absolute Gasteiger partial charge is 0.451 e. The van der Waals surface area contributed by atoms with E-state index in [2.05, 4.69) is 10.3 Å². The number of hydrogen-bond donors (Lipinski definition) is 1. The van der Waals surface area contributed by atoms with E-state index in [0.29, 0.717) is 33.1 Å². The van der Waals surface area contributed by atoms with Crippen LogP contribution in [0.5, 0.6) is 0 Å². The average molecular weight is 375 g/mol. The zero-order chi connectivity index (χ0) is 18.4. The van der Waals surface area contributed by atoms with E-state index >= 15 is 0 Å². The molecule has 1 amide bonds. The molecule has 0 spiro atoms. The third-order valence-corrected chi connectivity index (χ3v) is 6.31. The second kappa shape index (κ2) is 6.50. The Kier molecular flexibility index (Phi) is 4.30. The summed E-state index contributed by atoms with van der Waals surface area (Å²) < 4.78 is 6.85. The van der Waals surface area contributed by atoms with Gasteiger partial charge in [-0.15, -0.1) is 11.3 Å². The van der Waals surface area contributed by atoms with Gasteiger partial charge in [0.15, 0.2) is 6.61 Å². The fourth-order valence-corrected chi connectivity index (χ4v) is 4.56. The second-order valence-electron chi connectivity index (χ2n) is 7.09. The van der Waals surface area contributed by atoms with Crippen molar-refractivity contribution in [1.29, 1.82) is 0 Å². The highest BCUT2D eigenvalue weighted by molar-refractivity contribution is 7.20. The van der Waals surface area contributed by atoms with Gasteiger partial charge in [0.2, 0.25) is 0 Å². The van der Waals surface area contributed by atoms with Gasteiger partial charge in [-0.3, -0.25) is 14.2 Å². The molecule has 1 fully saturated rings. The highest BCUT2D eigenvalue weighted by Gasteiger charge is 2.29. The van der Waals surface area contributed by atoms with Crippen LogP contribution in [-0.4, -0.2) is 34.1 Å². The van der Waals surface area contributed by atoms with E-state index in [-0.39, 0.29) is 24.1 Å². The molecular weight excluding hydrogens is 354 g/mol. The molecule has 0 radical (unpaired) electrons. The molecule has 2 aromatic rings. The third-order valence-electron chi connectivity index (χ3n) is 5.15. The van der Waals surface area contributed by atoms with E-state index in [1.807, 2.05) is 6.92 Å². The van der Waals surface area contributed by atoms with Crippen molar-refractivity contribution in [3.05, 3.63) is 26.6 Å². The summed E-state index contributed by atoms with van der Waals surface area (Å²) in [5.41, 5.74) is 0.493. The maximum Gasteiger partial charge on any atom is 0.349 e. The topological polar surface area (TPSA) is 90.3 Å². The summed E-state index contributed by atoms with van der Waals surface area (Å²) in [6.07, 6.45) is 3.96. The smallest absolute Gasteiger partial charge is 0.349 e. The van der Waals surface area contributed by atoms with Gasteiger partial charge in [0.1, 0.15) is 15.5 Å². The number of ether oxygens (including phenoxy) is 1. The van der Waals surface area contributed by atoms with Gasteiger partial charge in [0.05, 0.1) is 5.39 Å². The van der Waals surface area contributed by atoms with E-state index in [1.165, 1.54) is 0 Å². The quantitative estimate of drug-likeness (QED) is 0.805. The molecule has 4 rings (SSSR count). The van der Waals surface area contributed by atoms with E-state index in [0.717, 1.165) is 42.8 Å². The van der Waals surface area contributed by atoms with E-state index < -0.39 is 5.97 Å². The number of esters is 1. The first-order valence-electron chi connectivity index (χ1n) is 8.95. The van der Waals surface area contributed by atoms with Gasteiger partial charge in [0.25, 0.3) is 11.5 Å². The Morgan fingerprint density at radius 2 is 2.19 bits per heavy atom. The summed E-state index contributed by atoms with van der Waals surface area (Å²) in [7, 11) is 0. The SMILES string of the molecule is Cc1c(C(=O)OCC(=O)N[C@@H](C)C2CC2)sc2nc3n(c(=O)c12)CCC3.